The summed E-state index contributed by atoms with van der Waals surface area (Å²) in [4.78, 5) is 23.6. The van der Waals surface area contributed by atoms with Gasteiger partial charge in [-0.2, -0.15) is 5.26 Å². The van der Waals surface area contributed by atoms with Gasteiger partial charge in [0.15, 0.2) is 5.78 Å². The number of benzene rings is 1. The smallest absolute Gasteiger partial charge is 0.239 e. The van der Waals surface area contributed by atoms with E-state index in [1.54, 1.807) is 18.2 Å². The lowest BCUT2D eigenvalue weighted by atomic mass is 9.95. The molecular formula is C17H21N3O2. The number of hydrogen-bond acceptors (Lipinski definition) is 4. The van der Waals surface area contributed by atoms with Crippen molar-refractivity contribution in [2.24, 2.45) is 0 Å². The summed E-state index contributed by atoms with van der Waals surface area (Å²) < 4.78 is 0. The predicted molar refractivity (Wildman–Crippen MR) is 84.7 cm³/mol. The summed E-state index contributed by atoms with van der Waals surface area (Å²) >= 11 is 0. The summed E-state index contributed by atoms with van der Waals surface area (Å²) in [6.07, 6.45) is 5.64. The largest absolute Gasteiger partial charge is 0.376 e. The Morgan fingerprint density at radius 1 is 1.27 bits per heavy atom. The standard InChI is InChI=1S/C17H21N3O2/c1-12(21)15-8-7-13(10-18)9-16(15)19-11-17(22)20-14-5-3-2-4-6-14/h7-9,14,19H,2-6,11H2,1H3,(H,20,22). The summed E-state index contributed by atoms with van der Waals surface area (Å²) in [5.74, 6) is -0.177. The zero-order valence-corrected chi connectivity index (χ0v) is 12.8. The molecule has 1 aromatic rings. The second-order valence-electron chi connectivity index (χ2n) is 5.68. The lowest BCUT2D eigenvalue weighted by molar-refractivity contribution is -0.120. The Balaban J connectivity index is 1.96. The first-order chi connectivity index (χ1) is 10.6. The second kappa shape index (κ2) is 7.60. The number of nitrogens with one attached hydrogen (secondary N) is 2. The van der Waals surface area contributed by atoms with Gasteiger partial charge in [0.05, 0.1) is 18.2 Å². The van der Waals surface area contributed by atoms with Crippen molar-refractivity contribution in [3.05, 3.63) is 29.3 Å². The van der Waals surface area contributed by atoms with Crippen LogP contribution in [-0.4, -0.2) is 24.3 Å². The Morgan fingerprint density at radius 2 is 2.00 bits per heavy atom. The van der Waals surface area contributed by atoms with Gasteiger partial charge in [-0.1, -0.05) is 19.3 Å². The molecule has 0 aliphatic heterocycles. The van der Waals surface area contributed by atoms with E-state index in [0.29, 0.717) is 16.8 Å². The van der Waals surface area contributed by atoms with Crippen molar-refractivity contribution < 1.29 is 9.59 Å². The summed E-state index contributed by atoms with van der Waals surface area (Å²) in [7, 11) is 0. The number of carbonyl (C=O) groups is 2. The minimum atomic E-state index is -0.0975. The Kier molecular flexibility index (Phi) is 5.54. The van der Waals surface area contributed by atoms with E-state index in [4.69, 9.17) is 5.26 Å². The van der Waals surface area contributed by atoms with Gasteiger partial charge >= 0.3 is 0 Å². The van der Waals surface area contributed by atoms with E-state index in [-0.39, 0.29) is 24.3 Å². The quantitative estimate of drug-likeness (QED) is 0.819. The number of amides is 1. The lowest BCUT2D eigenvalue weighted by Crippen LogP contribution is -2.39. The Morgan fingerprint density at radius 3 is 2.64 bits per heavy atom. The minimum Gasteiger partial charge on any atom is -0.376 e. The number of ketones is 1. The van der Waals surface area contributed by atoms with Crippen LogP contribution in [0.1, 0.15) is 54.9 Å². The maximum absolute atomic E-state index is 12.0. The van der Waals surface area contributed by atoms with Gasteiger partial charge in [0.2, 0.25) is 5.91 Å². The molecule has 0 radical (unpaired) electrons. The molecular weight excluding hydrogens is 278 g/mol. The lowest BCUT2D eigenvalue weighted by Gasteiger charge is -2.23. The van der Waals surface area contributed by atoms with Crippen molar-refractivity contribution in [1.29, 1.82) is 5.26 Å². The van der Waals surface area contributed by atoms with Crippen LogP contribution in [0.5, 0.6) is 0 Å². The Bertz CT molecular complexity index is 598. The molecule has 1 saturated carbocycles. The fraction of sp³-hybridized carbons (Fsp3) is 0.471. The van der Waals surface area contributed by atoms with Crippen LogP contribution in [-0.2, 0) is 4.79 Å². The minimum absolute atomic E-state index is 0.0798. The van der Waals surface area contributed by atoms with Crippen LogP contribution in [0.3, 0.4) is 0 Å². The highest BCUT2D eigenvalue weighted by atomic mass is 16.2. The third-order valence-electron chi connectivity index (χ3n) is 3.94. The second-order valence-corrected chi connectivity index (χ2v) is 5.68. The molecule has 0 heterocycles. The van der Waals surface area contributed by atoms with Gasteiger partial charge in [-0.05, 0) is 38.0 Å². The predicted octanol–water partition coefficient (Wildman–Crippen LogP) is 2.62. The third-order valence-corrected chi connectivity index (χ3v) is 3.94. The summed E-state index contributed by atoms with van der Waals surface area (Å²) in [5, 5.41) is 14.9. The molecule has 5 heteroatoms. The number of Topliss-reactive ketones (excluding diaryl/α,β-unsaturated/α-hetero) is 1. The number of anilines is 1. The molecule has 1 aliphatic carbocycles. The van der Waals surface area contributed by atoms with E-state index in [0.717, 1.165) is 25.7 Å². The molecule has 5 nitrogen and oxygen atoms in total. The summed E-state index contributed by atoms with van der Waals surface area (Å²) in [5.41, 5.74) is 1.48. The molecule has 22 heavy (non-hydrogen) atoms. The van der Waals surface area contributed by atoms with E-state index < -0.39 is 0 Å². The molecule has 0 atom stereocenters. The van der Waals surface area contributed by atoms with Crippen LogP contribution in [0, 0.1) is 11.3 Å². The van der Waals surface area contributed by atoms with Crippen molar-refractivity contribution in [3.8, 4) is 6.07 Å². The van der Waals surface area contributed by atoms with Gasteiger partial charge in [-0.25, -0.2) is 0 Å². The average Bonchev–Trinajstić information content (AvgIpc) is 2.53. The Hall–Kier alpha value is -2.35. The van der Waals surface area contributed by atoms with Crippen molar-refractivity contribution in [2.75, 3.05) is 11.9 Å². The topological polar surface area (TPSA) is 82.0 Å². The van der Waals surface area contributed by atoms with Gasteiger partial charge in [0, 0.05) is 17.3 Å². The highest BCUT2D eigenvalue weighted by molar-refractivity contribution is 6.00. The molecule has 1 aliphatic rings. The van der Waals surface area contributed by atoms with E-state index >= 15 is 0 Å². The molecule has 0 bridgehead atoms. The van der Waals surface area contributed by atoms with Crippen LogP contribution in [0.25, 0.3) is 0 Å². The highest BCUT2D eigenvalue weighted by Crippen LogP contribution is 2.19. The van der Waals surface area contributed by atoms with Gasteiger partial charge in [-0.3, -0.25) is 9.59 Å². The highest BCUT2D eigenvalue weighted by Gasteiger charge is 2.16. The van der Waals surface area contributed by atoms with Crippen LogP contribution < -0.4 is 10.6 Å². The van der Waals surface area contributed by atoms with E-state index in [1.165, 1.54) is 13.3 Å². The molecule has 0 unspecified atom stereocenters. The monoisotopic (exact) mass is 299 g/mol. The number of rotatable bonds is 5. The van der Waals surface area contributed by atoms with Crippen LogP contribution in [0.4, 0.5) is 5.69 Å². The van der Waals surface area contributed by atoms with E-state index in [1.807, 2.05) is 6.07 Å². The van der Waals surface area contributed by atoms with Crippen molar-refractivity contribution in [3.63, 3.8) is 0 Å². The summed E-state index contributed by atoms with van der Waals surface area (Å²) in [6.45, 7) is 1.57. The summed E-state index contributed by atoms with van der Waals surface area (Å²) in [6, 6.07) is 7.12. The fourth-order valence-electron chi connectivity index (χ4n) is 2.77. The molecule has 0 aromatic heterocycles. The third kappa shape index (κ3) is 4.32. The molecule has 2 rings (SSSR count). The number of hydrogen-bond donors (Lipinski definition) is 2. The van der Waals surface area contributed by atoms with Crippen molar-refractivity contribution in [1.82, 2.24) is 5.32 Å². The number of nitriles is 1. The van der Waals surface area contributed by atoms with Gasteiger partial charge in [0.25, 0.3) is 0 Å². The molecule has 0 spiro atoms. The van der Waals surface area contributed by atoms with Gasteiger partial charge < -0.3 is 10.6 Å². The normalized spacial score (nSPS) is 14.9. The van der Waals surface area contributed by atoms with Crippen LogP contribution >= 0.6 is 0 Å². The average molecular weight is 299 g/mol. The maximum Gasteiger partial charge on any atom is 0.239 e. The SMILES string of the molecule is CC(=O)c1ccc(C#N)cc1NCC(=O)NC1CCCCC1. The first-order valence-electron chi connectivity index (χ1n) is 7.68. The molecule has 1 fully saturated rings. The molecule has 0 saturated heterocycles. The van der Waals surface area contributed by atoms with Gasteiger partial charge in [-0.15, -0.1) is 0 Å². The van der Waals surface area contributed by atoms with E-state index in [2.05, 4.69) is 10.6 Å². The van der Waals surface area contributed by atoms with Gasteiger partial charge in [0.1, 0.15) is 0 Å². The van der Waals surface area contributed by atoms with Crippen LogP contribution in [0.15, 0.2) is 18.2 Å². The van der Waals surface area contributed by atoms with E-state index in [9.17, 15) is 9.59 Å². The van der Waals surface area contributed by atoms with Crippen molar-refractivity contribution >= 4 is 17.4 Å². The number of nitrogens with zero attached hydrogens (tertiary/aromatic N) is 1. The van der Waals surface area contributed by atoms with Crippen LogP contribution in [0.2, 0.25) is 0 Å². The first-order valence-corrected chi connectivity index (χ1v) is 7.68. The number of carbonyl (C=O) groups excluding carboxylic acids is 2. The Labute approximate surface area is 130 Å². The fourth-order valence-corrected chi connectivity index (χ4v) is 2.77. The first kappa shape index (κ1) is 16.0. The molecule has 1 amide bonds. The molecule has 2 N–H and O–H groups in total. The molecule has 1 aromatic carbocycles. The van der Waals surface area contributed by atoms with Crippen molar-refractivity contribution in [2.45, 2.75) is 45.1 Å². The zero-order valence-electron chi connectivity index (χ0n) is 12.8. The molecule has 116 valence electrons. The maximum atomic E-state index is 12.0. The zero-order chi connectivity index (χ0) is 15.9.